The monoisotopic (exact) mass is 528 g/mol. The van der Waals surface area contributed by atoms with Gasteiger partial charge >= 0.3 is 0 Å². The molecule has 9 heteroatoms. The number of imidazole rings is 1. The molecule has 5 N–H and O–H groups in total. The lowest BCUT2D eigenvalue weighted by atomic mass is 9.95. The van der Waals surface area contributed by atoms with E-state index in [0.717, 1.165) is 34.9 Å². The fourth-order valence-electron chi connectivity index (χ4n) is 4.56. The van der Waals surface area contributed by atoms with E-state index in [-0.39, 0.29) is 0 Å². The van der Waals surface area contributed by atoms with Crippen LogP contribution in [0.15, 0.2) is 73.1 Å². The van der Waals surface area contributed by atoms with E-state index in [1.54, 1.807) is 36.7 Å². The molecule has 0 spiro atoms. The third-order valence-electron chi connectivity index (χ3n) is 7.00. The second kappa shape index (κ2) is 12.1. The van der Waals surface area contributed by atoms with Crippen molar-refractivity contribution in [1.82, 2.24) is 15.3 Å². The minimum Gasteiger partial charge on any atom is -0.381 e. The van der Waals surface area contributed by atoms with Crippen LogP contribution < -0.4 is 21.1 Å². The molecule has 0 aliphatic rings. The number of aromatic nitrogens is 2. The van der Waals surface area contributed by atoms with Crippen molar-refractivity contribution in [3.05, 3.63) is 89.7 Å². The van der Waals surface area contributed by atoms with E-state index in [1.807, 2.05) is 36.4 Å². The third kappa shape index (κ3) is 6.10. The summed E-state index contributed by atoms with van der Waals surface area (Å²) >= 11 is 0. The van der Waals surface area contributed by atoms with Crippen LogP contribution in [-0.2, 0) is 4.79 Å². The molecule has 0 fully saturated rings. The van der Waals surface area contributed by atoms with E-state index in [1.165, 1.54) is 0 Å². The number of benzene rings is 3. The van der Waals surface area contributed by atoms with E-state index < -0.39 is 24.0 Å². The maximum Gasteiger partial charge on any atom is 0.272 e. The number of fused-ring (bicyclic) bond motifs is 1. The van der Waals surface area contributed by atoms with Gasteiger partial charge in [0.2, 0.25) is 0 Å². The highest BCUT2D eigenvalue weighted by atomic mass is 16.3. The summed E-state index contributed by atoms with van der Waals surface area (Å²) in [7, 11) is 0. The molecule has 3 aromatic carbocycles. The number of anilines is 2. The van der Waals surface area contributed by atoms with Crippen LogP contribution in [0.1, 0.15) is 61.1 Å². The Balaban J connectivity index is 1.60. The van der Waals surface area contributed by atoms with Gasteiger partial charge in [0.15, 0.2) is 6.10 Å². The molecule has 39 heavy (non-hydrogen) atoms. The van der Waals surface area contributed by atoms with Crippen LogP contribution in [0.2, 0.25) is 0 Å². The Morgan fingerprint density at radius 3 is 2.18 bits per heavy atom. The summed E-state index contributed by atoms with van der Waals surface area (Å²) < 4.78 is 0. The Labute approximate surface area is 228 Å². The zero-order chi connectivity index (χ0) is 28.1. The molecule has 0 saturated heterocycles. The normalized spacial score (nSPS) is 12.8. The van der Waals surface area contributed by atoms with E-state index in [2.05, 4.69) is 47.9 Å². The van der Waals surface area contributed by atoms with Gasteiger partial charge in [-0.1, -0.05) is 38.1 Å². The van der Waals surface area contributed by atoms with Crippen LogP contribution >= 0.6 is 0 Å². The van der Waals surface area contributed by atoms with Crippen molar-refractivity contribution in [2.24, 2.45) is 5.84 Å². The highest BCUT2D eigenvalue weighted by Crippen LogP contribution is 2.25. The number of aliphatic hydroxyl groups excluding tert-OH is 1. The number of rotatable bonds is 10. The summed E-state index contributed by atoms with van der Waals surface area (Å²) in [6.45, 7) is 10.0. The number of nitrogens with one attached hydrogen (secondary N) is 2. The summed E-state index contributed by atoms with van der Waals surface area (Å²) in [5, 5.41) is 15.0. The molecule has 204 valence electrons. The second-order valence-electron chi connectivity index (χ2n) is 9.75. The van der Waals surface area contributed by atoms with Crippen LogP contribution in [0.25, 0.3) is 11.0 Å². The molecule has 0 bridgehead atoms. The van der Waals surface area contributed by atoms with Crippen LogP contribution in [0, 0.1) is 0 Å². The number of nitrogens with zero attached hydrogens (tertiary/aromatic N) is 3. The summed E-state index contributed by atoms with van der Waals surface area (Å²) in [6.07, 6.45) is -0.0938. The first kappa shape index (κ1) is 27.8. The number of H-pyrrole nitrogens is 1. The average Bonchev–Trinajstić information content (AvgIpc) is 3.44. The van der Waals surface area contributed by atoms with Crippen LogP contribution in [0.5, 0.6) is 0 Å². The molecule has 2 amide bonds. The van der Waals surface area contributed by atoms with Gasteiger partial charge in [0.1, 0.15) is 0 Å². The second-order valence-corrected chi connectivity index (χ2v) is 9.75. The zero-order valence-electron chi connectivity index (χ0n) is 22.8. The number of hydrogen-bond donors (Lipinski definition) is 4. The number of aliphatic hydroxyl groups is 1. The number of carbonyl (C=O) groups excluding carboxylic acids is 2. The molecule has 1 aromatic heterocycles. The van der Waals surface area contributed by atoms with Gasteiger partial charge in [-0.2, -0.15) is 0 Å². The Hall–Kier alpha value is -4.21. The predicted octanol–water partition coefficient (Wildman–Crippen LogP) is 4.27. The lowest BCUT2D eigenvalue weighted by Crippen LogP contribution is -2.50. The molecule has 9 nitrogen and oxygen atoms in total. The fraction of sp³-hybridized carbons (Fsp3) is 0.300. The van der Waals surface area contributed by atoms with Crippen LogP contribution in [0.3, 0.4) is 0 Å². The highest BCUT2D eigenvalue weighted by molar-refractivity contribution is 5.99. The van der Waals surface area contributed by atoms with Crippen LogP contribution in [0.4, 0.5) is 11.4 Å². The van der Waals surface area contributed by atoms with Crippen molar-refractivity contribution in [3.63, 3.8) is 0 Å². The number of carbonyl (C=O) groups is 2. The maximum atomic E-state index is 13.4. The van der Waals surface area contributed by atoms with Crippen molar-refractivity contribution >= 4 is 34.2 Å². The van der Waals surface area contributed by atoms with Crippen molar-refractivity contribution in [2.45, 2.75) is 45.8 Å². The number of amides is 2. The molecular weight excluding hydrogens is 492 g/mol. The Kier molecular flexibility index (Phi) is 8.63. The highest BCUT2D eigenvalue weighted by Gasteiger charge is 2.32. The van der Waals surface area contributed by atoms with Gasteiger partial charge in [-0.05, 0) is 73.4 Å². The molecule has 0 aliphatic heterocycles. The van der Waals surface area contributed by atoms with E-state index >= 15 is 0 Å². The first-order valence-electron chi connectivity index (χ1n) is 13.2. The molecule has 2 unspecified atom stereocenters. The van der Waals surface area contributed by atoms with Gasteiger partial charge in [0, 0.05) is 24.3 Å². The Morgan fingerprint density at radius 1 is 0.949 bits per heavy atom. The Bertz CT molecular complexity index is 1410. The van der Waals surface area contributed by atoms with E-state index in [4.69, 9.17) is 5.84 Å². The third-order valence-corrected chi connectivity index (χ3v) is 7.00. The molecule has 2 atom stereocenters. The van der Waals surface area contributed by atoms with Gasteiger partial charge in [0.05, 0.1) is 29.1 Å². The summed E-state index contributed by atoms with van der Waals surface area (Å²) in [6, 6.07) is 18.8. The van der Waals surface area contributed by atoms with Crippen LogP contribution in [-0.4, -0.2) is 46.1 Å². The van der Waals surface area contributed by atoms with Gasteiger partial charge in [-0.15, -0.1) is 0 Å². The number of nitrogens with two attached hydrogens (primary N) is 1. The molecule has 1 heterocycles. The van der Waals surface area contributed by atoms with Crippen molar-refractivity contribution < 1.29 is 14.7 Å². The van der Waals surface area contributed by atoms with Gasteiger partial charge < -0.3 is 20.3 Å². The largest absolute Gasteiger partial charge is 0.381 e. The number of hydrogen-bond acceptors (Lipinski definition) is 6. The van der Waals surface area contributed by atoms with E-state index in [9.17, 15) is 14.7 Å². The number of aromatic amines is 1. The molecule has 4 aromatic rings. The minimum absolute atomic E-state index is 0.305. The Morgan fingerprint density at radius 2 is 1.56 bits per heavy atom. The standard InChI is InChI=1S/C30H36N6O3/c1-5-35(6-2)23-13-11-22(12-14-23)29(38)34-27(21-9-7-20(8-10-21)19(3)4)28(37)30(39)36(31)24-15-16-25-26(17-24)33-18-32-25/h7-19,27-28,37H,5-6,31H2,1-4H3,(H,32,33)(H,34,38). The molecule has 0 aliphatic carbocycles. The summed E-state index contributed by atoms with van der Waals surface area (Å²) in [4.78, 5) is 36.0. The van der Waals surface area contributed by atoms with Gasteiger partial charge in [-0.3, -0.25) is 9.59 Å². The summed E-state index contributed by atoms with van der Waals surface area (Å²) in [5.41, 5.74) is 4.93. The van der Waals surface area contributed by atoms with Crippen molar-refractivity contribution in [2.75, 3.05) is 23.0 Å². The van der Waals surface area contributed by atoms with Crippen molar-refractivity contribution in [3.8, 4) is 0 Å². The lowest BCUT2D eigenvalue weighted by molar-refractivity contribution is -0.128. The molecular formula is C30H36N6O3. The summed E-state index contributed by atoms with van der Waals surface area (Å²) in [5.74, 6) is 5.30. The zero-order valence-corrected chi connectivity index (χ0v) is 22.8. The predicted molar refractivity (Wildman–Crippen MR) is 155 cm³/mol. The van der Waals surface area contributed by atoms with E-state index in [0.29, 0.717) is 28.2 Å². The SMILES string of the molecule is CCN(CC)c1ccc(C(=O)NC(c2ccc(C(C)C)cc2)C(O)C(=O)N(N)c2ccc3nc[nH]c3c2)cc1. The first-order chi connectivity index (χ1) is 18.7. The molecule has 4 rings (SSSR count). The van der Waals surface area contributed by atoms with Crippen molar-refractivity contribution in [1.29, 1.82) is 0 Å². The van der Waals surface area contributed by atoms with Gasteiger partial charge in [-0.25, -0.2) is 15.8 Å². The average molecular weight is 529 g/mol. The lowest BCUT2D eigenvalue weighted by Gasteiger charge is -2.28. The maximum absolute atomic E-state index is 13.4. The van der Waals surface area contributed by atoms with Gasteiger partial charge in [0.25, 0.3) is 11.8 Å². The first-order valence-corrected chi connectivity index (χ1v) is 13.2. The topological polar surface area (TPSA) is 128 Å². The smallest absolute Gasteiger partial charge is 0.272 e. The fourth-order valence-corrected chi connectivity index (χ4v) is 4.56. The quantitative estimate of drug-likeness (QED) is 0.138. The molecule has 0 saturated carbocycles. The number of hydrazine groups is 1. The molecule has 0 radical (unpaired) electrons. The minimum atomic E-state index is -1.64.